The van der Waals surface area contributed by atoms with Gasteiger partial charge >= 0.3 is 0 Å². The first kappa shape index (κ1) is 5.97. The lowest BCUT2D eigenvalue weighted by Crippen LogP contribution is -2.39. The number of hydrogen-bond donors (Lipinski definition) is 0. The Bertz CT molecular complexity index is 71.7. The fourth-order valence-electron chi connectivity index (χ4n) is 0.526. The molecule has 0 aromatic rings. The van der Waals surface area contributed by atoms with Crippen molar-refractivity contribution in [1.82, 2.24) is 5.17 Å². The molecule has 0 aromatic heterocycles. The highest BCUT2D eigenvalue weighted by Crippen LogP contribution is 2.14. The summed E-state index contributed by atoms with van der Waals surface area (Å²) in [6.07, 6.45) is 0.775. The largest absolute Gasteiger partial charge is 0.582 e. The van der Waals surface area contributed by atoms with Crippen LogP contribution in [-0.2, 0) is 9.57 Å². The fraction of sp³-hybridized carbons (Fsp3) is 1.00. The van der Waals surface area contributed by atoms with Gasteiger partial charge in [0.2, 0.25) is 0 Å². The fourth-order valence-corrected chi connectivity index (χ4v) is 0.526. The zero-order chi connectivity index (χ0) is 5.98. The van der Waals surface area contributed by atoms with Gasteiger partial charge < -0.3 is 15.4 Å². The third kappa shape index (κ3) is 0.976. The van der Waals surface area contributed by atoms with E-state index < -0.39 is 0 Å². The summed E-state index contributed by atoms with van der Waals surface area (Å²) in [5.41, 5.74) is 0. The first-order valence-corrected chi connectivity index (χ1v) is 2.51. The molecule has 1 unspecified atom stereocenters. The average molecular weight is 117 g/mol. The van der Waals surface area contributed by atoms with E-state index in [0.717, 1.165) is 18.2 Å². The van der Waals surface area contributed by atoms with Gasteiger partial charge in [-0.2, -0.15) is 0 Å². The van der Waals surface area contributed by atoms with Crippen molar-refractivity contribution < 1.29 is 9.57 Å². The topological polar surface area (TPSA) is 45.5 Å². The van der Waals surface area contributed by atoms with Gasteiger partial charge in [0.15, 0.2) is 0 Å². The minimum atomic E-state index is -0.125. The SMILES string of the molecule is CON([NH-])C1CCO1. The van der Waals surface area contributed by atoms with Gasteiger partial charge in [-0.1, -0.05) is 0 Å². The Hall–Kier alpha value is -0.160. The highest BCUT2D eigenvalue weighted by Gasteiger charge is 2.18. The standard InChI is InChI=1S/C4H9N2O2/c1-7-6(5)4-2-3-8-4/h4-5H,2-3H2,1H3/q-1. The molecule has 0 spiro atoms. The van der Waals surface area contributed by atoms with E-state index in [0.29, 0.717) is 0 Å². The van der Waals surface area contributed by atoms with Gasteiger partial charge in [0, 0.05) is 6.42 Å². The van der Waals surface area contributed by atoms with Crippen LogP contribution in [0.3, 0.4) is 0 Å². The van der Waals surface area contributed by atoms with E-state index in [2.05, 4.69) is 4.84 Å². The molecule has 0 radical (unpaired) electrons. The van der Waals surface area contributed by atoms with Crippen LogP contribution < -0.4 is 0 Å². The van der Waals surface area contributed by atoms with Crippen molar-refractivity contribution in [2.75, 3.05) is 13.7 Å². The minimum absolute atomic E-state index is 0.125. The molecule has 4 nitrogen and oxygen atoms in total. The zero-order valence-corrected chi connectivity index (χ0v) is 4.76. The highest BCUT2D eigenvalue weighted by atomic mass is 16.7. The number of hydroxylamine groups is 1. The molecule has 1 N–H and O–H groups in total. The van der Waals surface area contributed by atoms with Crippen LogP contribution in [-0.4, -0.2) is 25.1 Å². The monoisotopic (exact) mass is 117 g/mol. The number of ether oxygens (including phenoxy) is 1. The van der Waals surface area contributed by atoms with Gasteiger partial charge in [-0.3, -0.25) is 5.17 Å². The Morgan fingerprint density at radius 2 is 2.50 bits per heavy atom. The van der Waals surface area contributed by atoms with Crippen molar-refractivity contribution in [3.8, 4) is 0 Å². The second-order valence-corrected chi connectivity index (χ2v) is 1.62. The maximum atomic E-state index is 6.96. The lowest BCUT2D eigenvalue weighted by Gasteiger charge is -2.38. The van der Waals surface area contributed by atoms with Crippen molar-refractivity contribution >= 4 is 0 Å². The van der Waals surface area contributed by atoms with Crippen LogP contribution in [0.5, 0.6) is 0 Å². The molecule has 0 amide bonds. The molecule has 1 aliphatic rings. The van der Waals surface area contributed by atoms with Gasteiger partial charge in [0.25, 0.3) is 0 Å². The van der Waals surface area contributed by atoms with Gasteiger partial charge in [0.1, 0.15) is 6.23 Å². The molecule has 1 rings (SSSR count). The molecule has 0 aliphatic carbocycles. The van der Waals surface area contributed by atoms with E-state index in [4.69, 9.17) is 10.6 Å². The van der Waals surface area contributed by atoms with Crippen LogP contribution in [0.1, 0.15) is 6.42 Å². The molecular formula is C4H9N2O2-. The van der Waals surface area contributed by atoms with Crippen molar-refractivity contribution in [1.29, 1.82) is 0 Å². The Morgan fingerprint density at radius 1 is 1.88 bits per heavy atom. The van der Waals surface area contributed by atoms with Crippen molar-refractivity contribution in [3.05, 3.63) is 5.84 Å². The molecule has 0 aromatic carbocycles. The second kappa shape index (κ2) is 2.41. The molecule has 0 bridgehead atoms. The Labute approximate surface area is 48.1 Å². The molecule has 1 heterocycles. The molecule has 1 atom stereocenters. The van der Waals surface area contributed by atoms with Gasteiger partial charge in [0.05, 0.1) is 13.7 Å². The molecular weight excluding hydrogens is 108 g/mol. The van der Waals surface area contributed by atoms with Crippen LogP contribution in [0.4, 0.5) is 0 Å². The Balaban J connectivity index is 2.13. The molecule has 48 valence electrons. The van der Waals surface area contributed by atoms with Gasteiger partial charge in [-0.25, -0.2) is 0 Å². The highest BCUT2D eigenvalue weighted by molar-refractivity contribution is 4.62. The third-order valence-corrected chi connectivity index (χ3v) is 1.13. The van der Waals surface area contributed by atoms with E-state index in [1.165, 1.54) is 7.11 Å². The van der Waals surface area contributed by atoms with E-state index in [1.54, 1.807) is 0 Å². The minimum Gasteiger partial charge on any atom is -0.582 e. The molecule has 1 aliphatic heterocycles. The van der Waals surface area contributed by atoms with Gasteiger partial charge in [-0.15, -0.1) is 0 Å². The third-order valence-electron chi connectivity index (χ3n) is 1.13. The number of rotatable bonds is 2. The summed E-state index contributed by atoms with van der Waals surface area (Å²) in [4.78, 5) is 4.53. The summed E-state index contributed by atoms with van der Waals surface area (Å²) >= 11 is 0. The summed E-state index contributed by atoms with van der Waals surface area (Å²) in [5, 5.41) is 0.962. The summed E-state index contributed by atoms with van der Waals surface area (Å²) in [6.45, 7) is 0.753. The number of nitrogens with zero attached hydrogens (tertiary/aromatic N) is 1. The predicted molar refractivity (Wildman–Crippen MR) is 27.5 cm³/mol. The zero-order valence-electron chi connectivity index (χ0n) is 4.76. The van der Waals surface area contributed by atoms with Crippen molar-refractivity contribution in [3.63, 3.8) is 0 Å². The van der Waals surface area contributed by atoms with E-state index in [1.807, 2.05) is 0 Å². The van der Waals surface area contributed by atoms with E-state index >= 15 is 0 Å². The number of nitrogens with one attached hydrogen (secondary N) is 1. The smallest absolute Gasteiger partial charge is 0.117 e. The summed E-state index contributed by atoms with van der Waals surface area (Å²) in [5.74, 6) is 6.96. The average Bonchev–Trinajstić information content (AvgIpc) is 1.62. The lowest BCUT2D eigenvalue weighted by molar-refractivity contribution is -0.251. The molecule has 1 fully saturated rings. The first-order valence-electron chi connectivity index (χ1n) is 2.51. The van der Waals surface area contributed by atoms with Crippen LogP contribution in [0.15, 0.2) is 0 Å². The van der Waals surface area contributed by atoms with Crippen molar-refractivity contribution in [2.45, 2.75) is 12.6 Å². The van der Waals surface area contributed by atoms with Crippen LogP contribution in [0.25, 0.3) is 5.84 Å². The van der Waals surface area contributed by atoms with Gasteiger partial charge in [-0.05, 0) is 0 Å². The second-order valence-electron chi connectivity index (χ2n) is 1.62. The molecule has 0 saturated carbocycles. The van der Waals surface area contributed by atoms with Crippen LogP contribution in [0, 0.1) is 0 Å². The van der Waals surface area contributed by atoms with Crippen molar-refractivity contribution in [2.24, 2.45) is 0 Å². The maximum absolute atomic E-state index is 6.96. The quantitative estimate of drug-likeness (QED) is 0.496. The van der Waals surface area contributed by atoms with E-state index in [9.17, 15) is 0 Å². The summed E-state index contributed by atoms with van der Waals surface area (Å²) in [6, 6.07) is 0. The summed E-state index contributed by atoms with van der Waals surface area (Å²) in [7, 11) is 1.45. The van der Waals surface area contributed by atoms with Crippen LogP contribution >= 0.6 is 0 Å². The number of hydrogen-bond acceptors (Lipinski definition) is 3. The first-order chi connectivity index (χ1) is 3.84. The molecule has 1 saturated heterocycles. The predicted octanol–water partition coefficient (Wildman–Crippen LogP) is 0.563. The molecule has 4 heteroatoms. The van der Waals surface area contributed by atoms with Crippen LogP contribution in [0.2, 0.25) is 0 Å². The van der Waals surface area contributed by atoms with E-state index in [-0.39, 0.29) is 6.23 Å². The summed E-state index contributed by atoms with van der Waals surface area (Å²) < 4.78 is 4.90. The molecule has 8 heavy (non-hydrogen) atoms. The maximum Gasteiger partial charge on any atom is 0.117 e. The lowest BCUT2D eigenvalue weighted by atomic mass is 10.3. The Kier molecular flexibility index (Phi) is 1.80. The Morgan fingerprint density at radius 3 is 2.62 bits per heavy atom. The normalized spacial score (nSPS) is 28.1.